The second kappa shape index (κ2) is 9.33. The van der Waals surface area contributed by atoms with Gasteiger partial charge in [0.25, 0.3) is 0 Å². The van der Waals surface area contributed by atoms with Gasteiger partial charge >= 0.3 is 5.97 Å². The minimum Gasteiger partial charge on any atom is -0.477 e. The molecule has 0 amide bonds. The van der Waals surface area contributed by atoms with Gasteiger partial charge < -0.3 is 14.4 Å². The maximum Gasteiger partial charge on any atom is 0.346 e. The SMILES string of the molecule is N#C/C(=C\c1ccc2cc(-c3ccc(N(c4cccnc4)c4cccnc4)cc3)oc2c1)C(=O)O. The van der Waals surface area contributed by atoms with Gasteiger partial charge in [-0.25, -0.2) is 4.79 Å². The van der Waals surface area contributed by atoms with Crippen LogP contribution in [0.15, 0.2) is 108 Å². The molecule has 5 aromatic rings. The number of rotatable bonds is 6. The van der Waals surface area contributed by atoms with Crippen molar-refractivity contribution in [1.29, 1.82) is 5.26 Å². The van der Waals surface area contributed by atoms with E-state index in [0.29, 0.717) is 16.9 Å². The first-order chi connectivity index (χ1) is 17.1. The number of hydrogen-bond donors (Lipinski definition) is 1. The van der Waals surface area contributed by atoms with Crippen molar-refractivity contribution in [3.63, 3.8) is 0 Å². The van der Waals surface area contributed by atoms with Gasteiger partial charge in [0.1, 0.15) is 23.0 Å². The van der Waals surface area contributed by atoms with E-state index in [1.54, 1.807) is 43.0 Å². The van der Waals surface area contributed by atoms with E-state index in [9.17, 15) is 4.79 Å². The maximum absolute atomic E-state index is 11.1. The molecule has 1 N–H and O–H groups in total. The van der Waals surface area contributed by atoms with Gasteiger partial charge in [-0.1, -0.05) is 12.1 Å². The molecule has 0 aliphatic carbocycles. The molecule has 3 aromatic heterocycles. The number of aromatic nitrogens is 2. The summed E-state index contributed by atoms with van der Waals surface area (Å²) in [5.41, 5.74) is 4.51. The molecule has 35 heavy (non-hydrogen) atoms. The number of carboxylic acids is 1. The van der Waals surface area contributed by atoms with Gasteiger partial charge in [-0.3, -0.25) is 9.97 Å². The normalized spacial score (nSPS) is 11.2. The molecule has 0 bridgehead atoms. The lowest BCUT2D eigenvalue weighted by Crippen LogP contribution is -2.10. The molecule has 168 valence electrons. The van der Waals surface area contributed by atoms with Crippen LogP contribution >= 0.6 is 0 Å². The Kier molecular flexibility index (Phi) is 5.76. The zero-order valence-electron chi connectivity index (χ0n) is 18.4. The van der Waals surface area contributed by atoms with E-state index in [-0.39, 0.29) is 5.57 Å². The third kappa shape index (κ3) is 4.49. The molecule has 7 nitrogen and oxygen atoms in total. The molecular formula is C28H18N4O3. The van der Waals surface area contributed by atoms with Crippen LogP contribution in [0.1, 0.15) is 5.56 Å². The fraction of sp³-hybridized carbons (Fsp3) is 0. The minimum absolute atomic E-state index is 0.335. The van der Waals surface area contributed by atoms with E-state index in [1.165, 1.54) is 6.08 Å². The lowest BCUT2D eigenvalue weighted by atomic mass is 10.1. The lowest BCUT2D eigenvalue weighted by molar-refractivity contribution is -0.132. The molecule has 3 heterocycles. The highest BCUT2D eigenvalue weighted by Gasteiger charge is 2.14. The van der Waals surface area contributed by atoms with Crippen LogP contribution in [0.4, 0.5) is 17.1 Å². The molecule has 5 rings (SSSR count). The topological polar surface area (TPSA) is 103 Å². The van der Waals surface area contributed by atoms with Crippen LogP contribution in [0, 0.1) is 11.3 Å². The van der Waals surface area contributed by atoms with Gasteiger partial charge in [-0.05, 0) is 72.3 Å². The third-order valence-electron chi connectivity index (χ3n) is 5.42. The number of benzene rings is 2. The molecule has 0 aliphatic rings. The monoisotopic (exact) mass is 458 g/mol. The molecule has 0 radical (unpaired) electrons. The fourth-order valence-corrected chi connectivity index (χ4v) is 3.78. The van der Waals surface area contributed by atoms with E-state index in [1.807, 2.05) is 60.7 Å². The van der Waals surface area contributed by atoms with Crippen LogP contribution in [0.5, 0.6) is 0 Å². The summed E-state index contributed by atoms with van der Waals surface area (Å²) in [5, 5.41) is 19.0. The molecule has 0 fully saturated rings. The first kappa shape index (κ1) is 21.6. The summed E-state index contributed by atoms with van der Waals surface area (Å²) in [5.74, 6) is -0.583. The number of fused-ring (bicyclic) bond motifs is 1. The zero-order valence-corrected chi connectivity index (χ0v) is 18.4. The van der Waals surface area contributed by atoms with Crippen molar-refractivity contribution in [2.45, 2.75) is 0 Å². The average molecular weight is 458 g/mol. The largest absolute Gasteiger partial charge is 0.477 e. The minimum atomic E-state index is -1.26. The summed E-state index contributed by atoms with van der Waals surface area (Å²) < 4.78 is 6.05. The first-order valence-corrected chi connectivity index (χ1v) is 10.7. The Hall–Kier alpha value is -5.22. The highest BCUT2D eigenvalue weighted by molar-refractivity contribution is 5.97. The highest BCUT2D eigenvalue weighted by Crippen LogP contribution is 2.35. The fourth-order valence-electron chi connectivity index (χ4n) is 3.78. The highest BCUT2D eigenvalue weighted by atomic mass is 16.4. The van der Waals surface area contributed by atoms with E-state index < -0.39 is 5.97 Å². The van der Waals surface area contributed by atoms with Crippen molar-refractivity contribution >= 4 is 40.1 Å². The maximum atomic E-state index is 11.1. The number of carboxylic acid groups (broad SMARTS) is 1. The lowest BCUT2D eigenvalue weighted by Gasteiger charge is -2.24. The van der Waals surface area contributed by atoms with E-state index in [0.717, 1.165) is 28.0 Å². The second-order valence-electron chi connectivity index (χ2n) is 7.69. The molecule has 0 saturated carbocycles. The summed E-state index contributed by atoms with van der Waals surface area (Å²) in [6, 6.07) is 24.6. The number of carbonyl (C=O) groups is 1. The average Bonchev–Trinajstić information content (AvgIpc) is 3.32. The Morgan fingerprint density at radius 1 is 0.914 bits per heavy atom. The van der Waals surface area contributed by atoms with Crippen LogP contribution in [0.2, 0.25) is 0 Å². The third-order valence-corrected chi connectivity index (χ3v) is 5.42. The number of anilines is 3. The smallest absolute Gasteiger partial charge is 0.346 e. The Morgan fingerprint density at radius 2 is 1.60 bits per heavy atom. The van der Waals surface area contributed by atoms with Gasteiger partial charge in [0.2, 0.25) is 0 Å². The Bertz CT molecular complexity index is 1530. The van der Waals surface area contributed by atoms with Crippen LogP contribution in [0.3, 0.4) is 0 Å². The predicted molar refractivity (Wildman–Crippen MR) is 133 cm³/mol. The second-order valence-corrected chi connectivity index (χ2v) is 7.69. The molecular weight excluding hydrogens is 440 g/mol. The van der Waals surface area contributed by atoms with E-state index in [4.69, 9.17) is 14.8 Å². The van der Waals surface area contributed by atoms with Crippen LogP contribution < -0.4 is 4.90 Å². The molecule has 0 saturated heterocycles. The van der Waals surface area contributed by atoms with Crippen LogP contribution in [-0.2, 0) is 4.79 Å². The predicted octanol–water partition coefficient (Wildman–Crippen LogP) is 6.35. The first-order valence-electron chi connectivity index (χ1n) is 10.7. The quantitative estimate of drug-likeness (QED) is 0.233. The van der Waals surface area contributed by atoms with Gasteiger partial charge in [-0.15, -0.1) is 0 Å². The van der Waals surface area contributed by atoms with Crippen molar-refractivity contribution in [1.82, 2.24) is 9.97 Å². The van der Waals surface area contributed by atoms with Crippen molar-refractivity contribution in [3.05, 3.63) is 109 Å². The van der Waals surface area contributed by atoms with E-state index in [2.05, 4.69) is 14.9 Å². The number of aliphatic carboxylic acids is 1. The van der Waals surface area contributed by atoms with Crippen molar-refractivity contribution in [2.24, 2.45) is 0 Å². The number of hydrogen-bond acceptors (Lipinski definition) is 6. The molecule has 0 spiro atoms. The Morgan fingerprint density at radius 3 is 2.17 bits per heavy atom. The zero-order chi connectivity index (χ0) is 24.2. The summed E-state index contributed by atoms with van der Waals surface area (Å²) in [4.78, 5) is 21.7. The van der Waals surface area contributed by atoms with E-state index >= 15 is 0 Å². The van der Waals surface area contributed by atoms with Gasteiger partial charge in [0, 0.05) is 29.0 Å². The van der Waals surface area contributed by atoms with Gasteiger partial charge in [0.05, 0.1) is 23.8 Å². The summed E-state index contributed by atoms with van der Waals surface area (Å²) in [6.45, 7) is 0. The van der Waals surface area contributed by atoms with Gasteiger partial charge in [0.15, 0.2) is 0 Å². The molecule has 2 aromatic carbocycles. The number of nitriles is 1. The molecule has 7 heteroatoms. The summed E-state index contributed by atoms with van der Waals surface area (Å²) in [6.07, 6.45) is 8.39. The number of furan rings is 1. The standard InChI is InChI=1S/C28H18N4O3/c29-16-22(28(33)34)13-19-5-6-21-15-27(35-26(21)14-19)20-7-9-23(10-8-20)32(24-3-1-11-30-17-24)25-4-2-12-31-18-25/h1-15,17-18H,(H,33,34)/b22-13+. The Labute approximate surface area is 200 Å². The van der Waals surface area contributed by atoms with Gasteiger partial charge in [-0.2, -0.15) is 5.26 Å². The van der Waals surface area contributed by atoms with Crippen molar-refractivity contribution < 1.29 is 14.3 Å². The van der Waals surface area contributed by atoms with Crippen molar-refractivity contribution in [3.8, 4) is 17.4 Å². The summed E-state index contributed by atoms with van der Waals surface area (Å²) in [7, 11) is 0. The molecule has 0 unspecified atom stereocenters. The summed E-state index contributed by atoms with van der Waals surface area (Å²) >= 11 is 0. The number of pyridine rings is 2. The number of nitrogens with zero attached hydrogens (tertiary/aromatic N) is 4. The van der Waals surface area contributed by atoms with Crippen molar-refractivity contribution in [2.75, 3.05) is 4.90 Å². The van der Waals surface area contributed by atoms with Crippen LogP contribution in [-0.4, -0.2) is 21.0 Å². The Balaban J connectivity index is 1.48. The molecule has 0 aliphatic heterocycles. The molecule has 0 atom stereocenters. The van der Waals surface area contributed by atoms with Crippen LogP contribution in [0.25, 0.3) is 28.4 Å².